The van der Waals surface area contributed by atoms with E-state index in [2.05, 4.69) is 0 Å². The topological polar surface area (TPSA) is 63.2 Å². The van der Waals surface area contributed by atoms with Gasteiger partial charge in [-0.3, -0.25) is 0 Å². The number of ether oxygens (including phenoxy) is 5. The van der Waals surface area contributed by atoms with Crippen molar-refractivity contribution in [3.63, 3.8) is 0 Å². The molecular formula is C32H35Cl3O6. The van der Waals surface area contributed by atoms with Gasteiger partial charge in [0.05, 0.1) is 32.5 Å². The Balaban J connectivity index is 1.25. The minimum atomic E-state index is -0.357. The zero-order valence-corrected chi connectivity index (χ0v) is 25.6. The normalized spacial score (nSPS) is 11.0. The first-order chi connectivity index (χ1) is 19.9. The second-order valence-corrected chi connectivity index (χ2v) is 10.5. The largest absolute Gasteiger partial charge is 0.493 e. The zero-order valence-electron chi connectivity index (χ0n) is 23.3. The summed E-state index contributed by atoms with van der Waals surface area (Å²) in [6, 6.07) is 15.7. The quantitative estimate of drug-likeness (QED) is 0.0849. The fourth-order valence-electron chi connectivity index (χ4n) is 3.97. The Morgan fingerprint density at radius 3 is 1.95 bits per heavy atom. The number of carbonyl (C=O) groups is 1. The van der Waals surface area contributed by atoms with Gasteiger partial charge in [0.2, 0.25) is 0 Å². The van der Waals surface area contributed by atoms with Crippen molar-refractivity contribution < 1.29 is 28.5 Å². The van der Waals surface area contributed by atoms with Gasteiger partial charge in [-0.1, -0.05) is 73.0 Å². The van der Waals surface area contributed by atoms with Crippen LogP contribution >= 0.6 is 34.8 Å². The fourth-order valence-corrected chi connectivity index (χ4v) is 4.58. The number of unbranched alkanes of at least 4 members (excludes halogenated alkanes) is 6. The zero-order chi connectivity index (χ0) is 29.5. The lowest BCUT2D eigenvalue weighted by molar-refractivity contribution is -0.137. The lowest BCUT2D eigenvalue weighted by Crippen LogP contribution is -2.02. The van der Waals surface area contributed by atoms with Crippen LogP contribution < -0.4 is 18.9 Å². The molecule has 0 spiro atoms. The number of benzene rings is 3. The van der Waals surface area contributed by atoms with Gasteiger partial charge in [0.15, 0.2) is 23.0 Å². The van der Waals surface area contributed by atoms with Gasteiger partial charge in [-0.15, -0.1) is 0 Å². The first-order valence-corrected chi connectivity index (χ1v) is 14.6. The molecule has 0 unspecified atom stereocenters. The van der Waals surface area contributed by atoms with Crippen LogP contribution in [0.1, 0.15) is 50.5 Å². The Morgan fingerprint density at radius 2 is 1.27 bits per heavy atom. The highest BCUT2D eigenvalue weighted by molar-refractivity contribution is 6.35. The second-order valence-electron chi connectivity index (χ2n) is 9.21. The maximum atomic E-state index is 12.0. The van der Waals surface area contributed by atoms with E-state index in [0.29, 0.717) is 57.0 Å². The molecule has 0 heterocycles. The summed E-state index contributed by atoms with van der Waals surface area (Å²) in [6.07, 6.45) is 10.3. The van der Waals surface area contributed by atoms with Crippen LogP contribution in [0.25, 0.3) is 6.08 Å². The molecule has 0 saturated carbocycles. The summed E-state index contributed by atoms with van der Waals surface area (Å²) in [5.74, 6) is 2.48. The van der Waals surface area contributed by atoms with Crippen LogP contribution in [0.15, 0.2) is 60.7 Å². The SMILES string of the molecule is COc1ccc(/C=C/C(=O)OCCCCCCCCCOc2cc(Cl)ccc2Oc2ccc(Cl)cc2Cl)cc1OC. The first-order valence-electron chi connectivity index (χ1n) is 13.5. The maximum Gasteiger partial charge on any atom is 0.330 e. The maximum absolute atomic E-state index is 12.0. The second kappa shape index (κ2) is 17.7. The fraction of sp³-hybridized carbons (Fsp3) is 0.344. The summed E-state index contributed by atoms with van der Waals surface area (Å²) in [6.45, 7) is 0.964. The molecule has 0 fully saturated rings. The van der Waals surface area contributed by atoms with Crippen molar-refractivity contribution in [1.29, 1.82) is 0 Å². The van der Waals surface area contributed by atoms with Gasteiger partial charge in [-0.2, -0.15) is 0 Å². The van der Waals surface area contributed by atoms with Gasteiger partial charge in [0.1, 0.15) is 5.75 Å². The molecule has 3 aromatic rings. The summed E-state index contributed by atoms with van der Waals surface area (Å²) in [5.41, 5.74) is 0.828. The molecule has 9 heteroatoms. The number of carbonyl (C=O) groups excluding carboxylic acids is 1. The number of hydrogen-bond donors (Lipinski definition) is 0. The standard InChI is InChI=1S/C32H35Cl3O6/c1-37-28-14-10-23(20-30(28)38-2)11-17-32(36)40-19-9-7-5-3-4-6-8-18-39-31-22-25(34)13-16-29(31)41-27-15-12-24(33)21-26(27)35/h10-17,20-22H,3-9,18-19H2,1-2H3/b17-11+. The van der Waals surface area contributed by atoms with Crippen molar-refractivity contribution in [2.45, 2.75) is 44.9 Å². The molecule has 0 aliphatic carbocycles. The van der Waals surface area contributed by atoms with Crippen molar-refractivity contribution in [2.24, 2.45) is 0 Å². The molecule has 0 radical (unpaired) electrons. The Bertz CT molecular complexity index is 1290. The van der Waals surface area contributed by atoms with E-state index in [9.17, 15) is 4.79 Å². The molecule has 220 valence electrons. The highest BCUT2D eigenvalue weighted by atomic mass is 35.5. The molecule has 0 atom stereocenters. The van der Waals surface area contributed by atoms with Crippen molar-refractivity contribution >= 4 is 46.8 Å². The highest BCUT2D eigenvalue weighted by Gasteiger charge is 2.11. The number of methoxy groups -OCH3 is 2. The predicted octanol–water partition coefficient (Wildman–Crippen LogP) is 9.82. The molecule has 3 aromatic carbocycles. The van der Waals surface area contributed by atoms with E-state index >= 15 is 0 Å². The van der Waals surface area contributed by atoms with Crippen LogP contribution in [0.4, 0.5) is 0 Å². The molecule has 0 aliphatic rings. The van der Waals surface area contributed by atoms with Crippen LogP contribution in [0.3, 0.4) is 0 Å². The van der Waals surface area contributed by atoms with E-state index in [4.69, 9.17) is 58.5 Å². The van der Waals surface area contributed by atoms with E-state index in [-0.39, 0.29) is 5.97 Å². The Hall–Kier alpha value is -3.06. The molecule has 0 N–H and O–H groups in total. The molecule has 0 amide bonds. The third-order valence-corrected chi connectivity index (χ3v) is 6.90. The third-order valence-electron chi connectivity index (χ3n) is 6.13. The average molecular weight is 622 g/mol. The first kappa shape index (κ1) is 32.5. The number of hydrogen-bond acceptors (Lipinski definition) is 6. The number of rotatable bonds is 17. The van der Waals surface area contributed by atoms with Gasteiger partial charge >= 0.3 is 5.97 Å². The van der Waals surface area contributed by atoms with Gasteiger partial charge < -0.3 is 23.7 Å². The molecule has 6 nitrogen and oxygen atoms in total. The number of halogens is 3. The lowest BCUT2D eigenvalue weighted by Gasteiger charge is -2.14. The monoisotopic (exact) mass is 620 g/mol. The van der Waals surface area contributed by atoms with Gasteiger partial charge in [0.25, 0.3) is 0 Å². The number of esters is 1. The van der Waals surface area contributed by atoms with Gasteiger partial charge in [-0.05, 0) is 66.9 Å². The smallest absolute Gasteiger partial charge is 0.330 e. The van der Waals surface area contributed by atoms with E-state index in [1.165, 1.54) is 6.08 Å². The molecule has 3 rings (SSSR count). The summed E-state index contributed by atoms with van der Waals surface area (Å²) < 4.78 is 27.7. The van der Waals surface area contributed by atoms with E-state index in [1.807, 2.05) is 6.07 Å². The van der Waals surface area contributed by atoms with E-state index < -0.39 is 0 Å². The van der Waals surface area contributed by atoms with Gasteiger partial charge in [-0.25, -0.2) is 4.79 Å². The molecule has 0 bridgehead atoms. The molecule has 0 aliphatic heterocycles. The molecule has 0 saturated heterocycles. The van der Waals surface area contributed by atoms with Crippen LogP contribution in [0, 0.1) is 0 Å². The van der Waals surface area contributed by atoms with Crippen LogP contribution in [0.5, 0.6) is 28.7 Å². The van der Waals surface area contributed by atoms with E-state index in [1.54, 1.807) is 68.8 Å². The summed E-state index contributed by atoms with van der Waals surface area (Å²) >= 11 is 18.4. The Kier molecular flexibility index (Phi) is 14.0. The van der Waals surface area contributed by atoms with Crippen LogP contribution in [-0.4, -0.2) is 33.4 Å². The lowest BCUT2D eigenvalue weighted by atomic mass is 10.1. The molecule has 0 aromatic heterocycles. The van der Waals surface area contributed by atoms with E-state index in [0.717, 1.165) is 50.5 Å². The average Bonchev–Trinajstić information content (AvgIpc) is 2.97. The Morgan fingerprint density at radius 1 is 0.659 bits per heavy atom. The molecule has 41 heavy (non-hydrogen) atoms. The van der Waals surface area contributed by atoms with Crippen molar-refractivity contribution in [3.05, 3.63) is 81.3 Å². The Labute approximate surface area is 257 Å². The highest BCUT2D eigenvalue weighted by Crippen LogP contribution is 2.37. The van der Waals surface area contributed by atoms with Crippen molar-refractivity contribution in [3.8, 4) is 28.7 Å². The van der Waals surface area contributed by atoms with Gasteiger partial charge in [0, 0.05) is 22.2 Å². The summed E-state index contributed by atoms with van der Waals surface area (Å²) in [7, 11) is 3.15. The van der Waals surface area contributed by atoms with Crippen molar-refractivity contribution in [2.75, 3.05) is 27.4 Å². The minimum absolute atomic E-state index is 0.357. The van der Waals surface area contributed by atoms with Crippen molar-refractivity contribution in [1.82, 2.24) is 0 Å². The summed E-state index contributed by atoms with van der Waals surface area (Å²) in [5, 5.41) is 1.52. The minimum Gasteiger partial charge on any atom is -0.493 e. The molecular weight excluding hydrogens is 587 g/mol. The third kappa shape index (κ3) is 11.4. The van der Waals surface area contributed by atoms with Crippen LogP contribution in [-0.2, 0) is 9.53 Å². The van der Waals surface area contributed by atoms with Crippen LogP contribution in [0.2, 0.25) is 15.1 Å². The summed E-state index contributed by atoms with van der Waals surface area (Å²) in [4.78, 5) is 12.0. The predicted molar refractivity (Wildman–Crippen MR) is 165 cm³/mol.